The van der Waals surface area contributed by atoms with Crippen molar-refractivity contribution in [3.8, 4) is 22.9 Å². The third-order valence-electron chi connectivity index (χ3n) is 5.31. The maximum atomic E-state index is 13.5. The Bertz CT molecular complexity index is 1300. The van der Waals surface area contributed by atoms with Crippen LogP contribution in [0.2, 0.25) is 0 Å². The minimum absolute atomic E-state index is 0.195. The molecular weight excluding hydrogens is 467 g/mol. The summed E-state index contributed by atoms with van der Waals surface area (Å²) in [5.41, 5.74) is 2.39. The molecule has 0 fully saturated rings. The van der Waals surface area contributed by atoms with E-state index in [2.05, 4.69) is 15.5 Å². The van der Waals surface area contributed by atoms with Gasteiger partial charge in [-0.25, -0.2) is 4.39 Å². The van der Waals surface area contributed by atoms with E-state index in [1.54, 1.807) is 51.5 Å². The Kier molecular flexibility index (Phi) is 7.67. The number of hydrogen-bond acceptors (Lipinski definition) is 6. The van der Waals surface area contributed by atoms with Crippen LogP contribution in [0.3, 0.4) is 0 Å². The normalized spacial score (nSPS) is 11.7. The van der Waals surface area contributed by atoms with Crippen LogP contribution in [0.25, 0.3) is 11.4 Å². The van der Waals surface area contributed by atoms with Crippen molar-refractivity contribution in [1.29, 1.82) is 0 Å². The van der Waals surface area contributed by atoms with Crippen LogP contribution in [-0.2, 0) is 11.3 Å². The molecule has 0 aliphatic carbocycles. The third-order valence-corrected chi connectivity index (χ3v) is 6.39. The van der Waals surface area contributed by atoms with Gasteiger partial charge in [0.2, 0.25) is 5.91 Å². The van der Waals surface area contributed by atoms with Gasteiger partial charge in [-0.3, -0.25) is 9.36 Å². The molecule has 9 heteroatoms. The van der Waals surface area contributed by atoms with Crippen LogP contribution in [0.1, 0.15) is 12.5 Å². The van der Waals surface area contributed by atoms with E-state index in [0.29, 0.717) is 34.7 Å². The second-order valence-electron chi connectivity index (χ2n) is 7.70. The van der Waals surface area contributed by atoms with Crippen molar-refractivity contribution in [1.82, 2.24) is 14.8 Å². The smallest absolute Gasteiger partial charge is 0.237 e. The summed E-state index contributed by atoms with van der Waals surface area (Å²) in [7, 11) is 3.10. The van der Waals surface area contributed by atoms with Gasteiger partial charge in [-0.15, -0.1) is 10.2 Å². The predicted octanol–water partition coefficient (Wildman–Crippen LogP) is 5.27. The van der Waals surface area contributed by atoms with Crippen molar-refractivity contribution in [2.24, 2.45) is 0 Å². The lowest BCUT2D eigenvalue weighted by Gasteiger charge is -2.15. The van der Waals surface area contributed by atoms with E-state index in [1.807, 2.05) is 34.9 Å². The van der Waals surface area contributed by atoms with Gasteiger partial charge in [0.05, 0.1) is 26.0 Å². The van der Waals surface area contributed by atoms with Gasteiger partial charge in [0.25, 0.3) is 0 Å². The fourth-order valence-electron chi connectivity index (χ4n) is 3.47. The van der Waals surface area contributed by atoms with E-state index < -0.39 is 5.25 Å². The van der Waals surface area contributed by atoms with Crippen molar-refractivity contribution >= 4 is 23.4 Å². The standard InChI is InChI=1S/C26H25FN4O3S/c1-17(25(32)28-21-13-14-22(33-2)23(15-21)34-3)35-26-30-29-24(19-9-11-20(27)12-10-19)31(26)16-18-7-5-4-6-8-18/h4-15,17H,16H2,1-3H3,(H,28,32). The SMILES string of the molecule is COc1ccc(NC(=O)C(C)Sc2nnc(-c3ccc(F)cc3)n2Cc2ccccc2)cc1OC. The fourth-order valence-corrected chi connectivity index (χ4v) is 4.31. The zero-order valence-corrected chi connectivity index (χ0v) is 20.4. The van der Waals surface area contributed by atoms with Gasteiger partial charge in [0.15, 0.2) is 22.5 Å². The summed E-state index contributed by atoms with van der Waals surface area (Å²) < 4.78 is 26.0. The highest BCUT2D eigenvalue weighted by molar-refractivity contribution is 8.00. The predicted molar refractivity (Wildman–Crippen MR) is 134 cm³/mol. The van der Waals surface area contributed by atoms with Crippen LogP contribution in [0, 0.1) is 5.82 Å². The number of nitrogens with zero attached hydrogens (tertiary/aromatic N) is 3. The zero-order valence-electron chi connectivity index (χ0n) is 19.6. The minimum atomic E-state index is -0.470. The first-order chi connectivity index (χ1) is 17.0. The molecular formula is C26H25FN4O3S. The first-order valence-electron chi connectivity index (χ1n) is 10.9. The first kappa shape index (κ1) is 24.3. The van der Waals surface area contributed by atoms with Crippen molar-refractivity contribution < 1.29 is 18.7 Å². The van der Waals surface area contributed by atoms with Gasteiger partial charge < -0.3 is 14.8 Å². The molecule has 0 saturated carbocycles. The topological polar surface area (TPSA) is 78.3 Å². The monoisotopic (exact) mass is 492 g/mol. The van der Waals surface area contributed by atoms with Crippen LogP contribution in [0.4, 0.5) is 10.1 Å². The molecule has 0 bridgehead atoms. The number of carbonyl (C=O) groups excluding carboxylic acids is 1. The summed E-state index contributed by atoms with van der Waals surface area (Å²) >= 11 is 1.30. The molecule has 3 aromatic carbocycles. The van der Waals surface area contributed by atoms with Crippen LogP contribution in [0.15, 0.2) is 78.0 Å². The Balaban J connectivity index is 1.57. The number of hydrogen-bond donors (Lipinski definition) is 1. The first-order valence-corrected chi connectivity index (χ1v) is 11.8. The number of ether oxygens (including phenoxy) is 2. The maximum absolute atomic E-state index is 13.5. The van der Waals surface area contributed by atoms with Crippen LogP contribution in [0.5, 0.6) is 11.5 Å². The number of benzene rings is 3. The number of amides is 1. The Labute approximate surface area is 207 Å². The molecule has 1 unspecified atom stereocenters. The molecule has 1 amide bonds. The minimum Gasteiger partial charge on any atom is -0.493 e. The van der Waals surface area contributed by atoms with E-state index >= 15 is 0 Å². The average molecular weight is 493 g/mol. The number of nitrogens with one attached hydrogen (secondary N) is 1. The maximum Gasteiger partial charge on any atom is 0.237 e. The fraction of sp³-hybridized carbons (Fsp3) is 0.192. The van der Waals surface area contributed by atoms with Crippen molar-refractivity contribution in [3.63, 3.8) is 0 Å². The lowest BCUT2D eigenvalue weighted by atomic mass is 10.2. The zero-order chi connectivity index (χ0) is 24.8. The quantitative estimate of drug-likeness (QED) is 0.321. The molecule has 1 heterocycles. The molecule has 0 spiro atoms. The largest absolute Gasteiger partial charge is 0.493 e. The van der Waals surface area contributed by atoms with Crippen LogP contribution >= 0.6 is 11.8 Å². The van der Waals surface area contributed by atoms with Crippen LogP contribution in [-0.4, -0.2) is 40.1 Å². The molecule has 180 valence electrons. The van der Waals surface area contributed by atoms with E-state index in [1.165, 1.54) is 23.9 Å². The summed E-state index contributed by atoms with van der Waals surface area (Å²) in [6.07, 6.45) is 0. The van der Waals surface area contributed by atoms with Gasteiger partial charge in [-0.1, -0.05) is 42.1 Å². The van der Waals surface area contributed by atoms with Crippen molar-refractivity contribution in [3.05, 3.63) is 84.2 Å². The molecule has 0 aliphatic rings. The summed E-state index contributed by atoms with van der Waals surface area (Å²) in [5.74, 6) is 1.19. The number of methoxy groups -OCH3 is 2. The molecule has 35 heavy (non-hydrogen) atoms. The number of anilines is 1. The highest BCUT2D eigenvalue weighted by atomic mass is 32.2. The van der Waals surface area contributed by atoms with E-state index in [4.69, 9.17) is 9.47 Å². The molecule has 1 atom stereocenters. The molecule has 1 aromatic heterocycles. The summed E-state index contributed by atoms with van der Waals surface area (Å²) in [5, 5.41) is 11.7. The number of halogens is 1. The van der Waals surface area contributed by atoms with E-state index in [-0.39, 0.29) is 11.7 Å². The number of rotatable bonds is 9. The third kappa shape index (κ3) is 5.81. The van der Waals surface area contributed by atoms with Gasteiger partial charge in [-0.05, 0) is 48.9 Å². The lowest BCUT2D eigenvalue weighted by Crippen LogP contribution is -2.23. The number of carbonyl (C=O) groups is 1. The molecule has 4 aromatic rings. The molecule has 0 saturated heterocycles. The van der Waals surface area contributed by atoms with E-state index in [9.17, 15) is 9.18 Å². The number of aromatic nitrogens is 3. The molecule has 1 N–H and O–H groups in total. The average Bonchev–Trinajstić information content (AvgIpc) is 3.26. The van der Waals surface area contributed by atoms with Gasteiger partial charge in [-0.2, -0.15) is 0 Å². The Morgan fingerprint density at radius 2 is 1.71 bits per heavy atom. The number of thioether (sulfide) groups is 1. The van der Waals surface area contributed by atoms with Gasteiger partial charge in [0.1, 0.15) is 5.82 Å². The van der Waals surface area contributed by atoms with Gasteiger partial charge >= 0.3 is 0 Å². The lowest BCUT2D eigenvalue weighted by molar-refractivity contribution is -0.115. The summed E-state index contributed by atoms with van der Waals surface area (Å²) in [6, 6.07) is 21.2. The van der Waals surface area contributed by atoms with Crippen LogP contribution < -0.4 is 14.8 Å². The molecule has 7 nitrogen and oxygen atoms in total. The van der Waals surface area contributed by atoms with Crippen molar-refractivity contribution in [2.75, 3.05) is 19.5 Å². The van der Waals surface area contributed by atoms with Gasteiger partial charge in [0, 0.05) is 17.3 Å². The highest BCUT2D eigenvalue weighted by Crippen LogP contribution is 2.31. The summed E-state index contributed by atoms with van der Waals surface area (Å²) in [4.78, 5) is 13.0. The Hall–Kier alpha value is -3.85. The molecule has 0 aliphatic heterocycles. The summed E-state index contributed by atoms with van der Waals surface area (Å²) in [6.45, 7) is 2.31. The van der Waals surface area contributed by atoms with Crippen molar-refractivity contribution in [2.45, 2.75) is 23.9 Å². The van der Waals surface area contributed by atoms with E-state index in [0.717, 1.165) is 11.1 Å². The Morgan fingerprint density at radius 3 is 2.40 bits per heavy atom. The molecule has 0 radical (unpaired) electrons. The molecule has 4 rings (SSSR count). The second kappa shape index (κ2) is 11.1. The second-order valence-corrected chi connectivity index (χ2v) is 9.01. The Morgan fingerprint density at radius 1 is 1.00 bits per heavy atom. The highest BCUT2D eigenvalue weighted by Gasteiger charge is 2.22.